The molecule has 0 radical (unpaired) electrons. The Morgan fingerprint density at radius 1 is 0.365 bits per heavy atom. The Kier molecular flexibility index (Phi) is 9.02. The minimum Gasteiger partial charge on any atom is -0.310 e. The number of rotatable bonds is 8. The molecule has 0 bridgehead atoms. The van der Waals surface area contributed by atoms with Crippen LogP contribution in [0.4, 0.5) is 17.1 Å². The minimum absolute atomic E-state index is 1.09. The normalized spacial score (nSPS) is 11.5. The van der Waals surface area contributed by atoms with E-state index in [1.54, 1.807) is 0 Å². The molecule has 0 atom stereocenters. The maximum atomic E-state index is 2.43. The molecule has 0 aliphatic rings. The van der Waals surface area contributed by atoms with E-state index in [2.05, 4.69) is 257 Å². The van der Waals surface area contributed by atoms with E-state index in [4.69, 9.17) is 0 Å². The van der Waals surface area contributed by atoms with Crippen LogP contribution in [-0.2, 0) is 0 Å². The van der Waals surface area contributed by atoms with E-state index in [0.29, 0.717) is 0 Å². The van der Waals surface area contributed by atoms with Crippen LogP contribution in [0.25, 0.3) is 86.7 Å². The van der Waals surface area contributed by atoms with E-state index in [1.165, 1.54) is 75.4 Å². The quantitative estimate of drug-likeness (QED) is 0.139. The fourth-order valence-electron chi connectivity index (χ4n) is 9.24. The second-order valence-corrected chi connectivity index (χ2v) is 17.1. The number of aromatic nitrogens is 2. The summed E-state index contributed by atoms with van der Waals surface area (Å²) in [5, 5.41) is 5.02. The average molecular weight is 823 g/mol. The number of fused-ring (bicyclic) bond motifs is 6. The lowest BCUT2D eigenvalue weighted by molar-refractivity contribution is -0.595. The Labute approximate surface area is 370 Å². The molecule has 9 aromatic carbocycles. The lowest BCUT2D eigenvalue weighted by Crippen LogP contribution is -2.29. The molecule has 0 unspecified atom stereocenters. The molecular formula is C59H40N3S+. The molecule has 0 aliphatic heterocycles. The van der Waals surface area contributed by atoms with E-state index in [9.17, 15) is 0 Å². The third-order valence-corrected chi connectivity index (χ3v) is 13.5. The lowest BCUT2D eigenvalue weighted by atomic mass is 10.0. The maximum Gasteiger partial charge on any atom is 0.210 e. The van der Waals surface area contributed by atoms with Crippen molar-refractivity contribution >= 4 is 70.4 Å². The van der Waals surface area contributed by atoms with Crippen LogP contribution in [0, 0.1) is 0 Å². The molecule has 0 saturated heterocycles. The van der Waals surface area contributed by atoms with Gasteiger partial charge >= 0.3 is 0 Å². The Balaban J connectivity index is 0.979. The summed E-state index contributed by atoms with van der Waals surface area (Å²) >= 11 is 1.88. The second-order valence-electron chi connectivity index (χ2n) is 16.0. The average Bonchev–Trinajstić information content (AvgIpc) is 3.91. The van der Waals surface area contributed by atoms with Gasteiger partial charge in [0.2, 0.25) is 5.69 Å². The highest BCUT2D eigenvalue weighted by molar-refractivity contribution is 7.26. The van der Waals surface area contributed by atoms with Crippen LogP contribution in [0.15, 0.2) is 243 Å². The monoisotopic (exact) mass is 822 g/mol. The van der Waals surface area contributed by atoms with Crippen LogP contribution >= 0.6 is 11.3 Å². The van der Waals surface area contributed by atoms with Crippen LogP contribution < -0.4 is 9.47 Å². The molecule has 4 heteroatoms. The lowest BCUT2D eigenvalue weighted by Gasteiger charge is -2.25. The van der Waals surface area contributed by atoms with Gasteiger partial charge in [-0.3, -0.25) is 0 Å². The zero-order valence-electron chi connectivity index (χ0n) is 34.3. The standard InChI is InChI=1S/C59H40N3S/c1-4-14-41(15-5-1)43-26-29-47(30-27-43)61(48-34-36-60(37-35-48)46-19-8-3-9-20-46)50-31-33-58-55(40-50)54-24-13-23-51(59(54)63-58)45-28-32-53-52-22-10-11-25-56(52)62(57(53)39-45)49-21-12-18-44(38-49)42-16-6-2-7-17-42/h1-40H/q+1. The number of anilines is 3. The number of hydrogen-bond acceptors (Lipinski definition) is 2. The van der Waals surface area contributed by atoms with Crippen molar-refractivity contribution in [2.45, 2.75) is 0 Å². The van der Waals surface area contributed by atoms with E-state index >= 15 is 0 Å². The topological polar surface area (TPSA) is 12.1 Å². The van der Waals surface area contributed by atoms with E-state index in [1.807, 2.05) is 11.3 Å². The molecule has 296 valence electrons. The Bertz CT molecular complexity index is 3510. The fourth-order valence-corrected chi connectivity index (χ4v) is 10.5. The van der Waals surface area contributed by atoms with Crippen molar-refractivity contribution in [3.63, 3.8) is 0 Å². The van der Waals surface area contributed by atoms with Crippen molar-refractivity contribution < 1.29 is 4.57 Å². The zero-order chi connectivity index (χ0) is 41.7. The molecule has 12 aromatic rings. The summed E-state index contributed by atoms with van der Waals surface area (Å²) < 4.78 is 7.16. The minimum atomic E-state index is 1.09. The van der Waals surface area contributed by atoms with Gasteiger partial charge in [-0.15, -0.1) is 11.3 Å². The molecule has 12 rings (SSSR count). The molecule has 0 spiro atoms. The van der Waals surface area contributed by atoms with Crippen molar-refractivity contribution in [1.29, 1.82) is 0 Å². The highest BCUT2D eigenvalue weighted by Crippen LogP contribution is 2.45. The van der Waals surface area contributed by atoms with Crippen LogP contribution in [0.5, 0.6) is 0 Å². The smallest absolute Gasteiger partial charge is 0.210 e. The number of hydrogen-bond donors (Lipinski definition) is 0. The second kappa shape index (κ2) is 15.4. The van der Waals surface area contributed by atoms with E-state index in [0.717, 1.165) is 28.4 Å². The molecule has 63 heavy (non-hydrogen) atoms. The summed E-state index contributed by atoms with van der Waals surface area (Å²) in [6.07, 6.45) is 4.30. The third-order valence-electron chi connectivity index (χ3n) is 12.3. The number of benzene rings is 9. The van der Waals surface area contributed by atoms with Crippen molar-refractivity contribution in [2.24, 2.45) is 0 Å². The summed E-state index contributed by atoms with van der Waals surface area (Å²) in [6, 6.07) is 83.5. The maximum absolute atomic E-state index is 2.43. The van der Waals surface area contributed by atoms with E-state index in [-0.39, 0.29) is 0 Å². The number of pyridine rings is 1. The van der Waals surface area contributed by atoms with Crippen molar-refractivity contribution in [3.05, 3.63) is 243 Å². The van der Waals surface area contributed by atoms with Crippen LogP contribution in [0.3, 0.4) is 0 Å². The number of thiophene rings is 1. The first-order valence-electron chi connectivity index (χ1n) is 21.4. The predicted molar refractivity (Wildman–Crippen MR) is 266 cm³/mol. The number of nitrogens with zero attached hydrogens (tertiary/aromatic N) is 3. The van der Waals surface area contributed by atoms with Crippen molar-refractivity contribution in [2.75, 3.05) is 4.90 Å². The van der Waals surface area contributed by atoms with Gasteiger partial charge in [-0.05, 0) is 88.0 Å². The molecule has 0 aliphatic carbocycles. The highest BCUT2D eigenvalue weighted by atomic mass is 32.1. The van der Waals surface area contributed by atoms with Crippen LogP contribution in [0.2, 0.25) is 0 Å². The number of para-hydroxylation sites is 2. The molecule has 0 saturated carbocycles. The summed E-state index contributed by atoms with van der Waals surface area (Å²) in [4.78, 5) is 2.37. The largest absolute Gasteiger partial charge is 0.310 e. The van der Waals surface area contributed by atoms with Crippen molar-refractivity contribution in [3.8, 4) is 44.8 Å². The highest BCUT2D eigenvalue weighted by Gasteiger charge is 2.19. The summed E-state index contributed by atoms with van der Waals surface area (Å²) in [6.45, 7) is 0. The van der Waals surface area contributed by atoms with Gasteiger partial charge in [0.15, 0.2) is 12.4 Å². The van der Waals surface area contributed by atoms with Gasteiger partial charge in [0.1, 0.15) is 0 Å². The first kappa shape index (κ1) is 36.8. The van der Waals surface area contributed by atoms with Gasteiger partial charge in [0.25, 0.3) is 0 Å². The third kappa shape index (κ3) is 6.56. The molecular weight excluding hydrogens is 783 g/mol. The first-order chi connectivity index (χ1) is 31.2. The van der Waals surface area contributed by atoms with Crippen LogP contribution in [0.1, 0.15) is 0 Å². The summed E-state index contributed by atoms with van der Waals surface area (Å²) in [5.41, 5.74) is 15.3. The first-order valence-corrected chi connectivity index (χ1v) is 22.2. The van der Waals surface area contributed by atoms with Gasteiger partial charge in [-0.2, -0.15) is 4.57 Å². The van der Waals surface area contributed by atoms with Gasteiger partial charge in [-0.1, -0.05) is 152 Å². The van der Waals surface area contributed by atoms with Crippen LogP contribution in [-0.4, -0.2) is 4.57 Å². The Hall–Kier alpha value is -8.05. The van der Waals surface area contributed by atoms with E-state index < -0.39 is 0 Å². The molecule has 0 N–H and O–H groups in total. The summed E-state index contributed by atoms with van der Waals surface area (Å²) in [5.74, 6) is 0. The molecule has 3 aromatic heterocycles. The Morgan fingerprint density at radius 3 is 1.73 bits per heavy atom. The SMILES string of the molecule is c1ccc(-c2ccc(N(c3cc[n+](-c4ccccc4)cc3)c3ccc4sc5c(-c6ccc7c8ccccc8n(-c8cccc(-c9ccccc9)c8)c7c6)cccc5c4c3)cc2)cc1. The molecule has 3 heterocycles. The molecule has 3 nitrogen and oxygen atoms in total. The predicted octanol–water partition coefficient (Wildman–Crippen LogP) is 15.9. The molecule has 0 amide bonds. The van der Waals surface area contributed by atoms with Gasteiger partial charge in [0.05, 0.1) is 16.7 Å². The van der Waals surface area contributed by atoms with Gasteiger partial charge in [0, 0.05) is 72.3 Å². The van der Waals surface area contributed by atoms with Gasteiger partial charge in [-0.25, -0.2) is 0 Å². The molecule has 0 fully saturated rings. The fraction of sp³-hybridized carbons (Fsp3) is 0. The van der Waals surface area contributed by atoms with Crippen molar-refractivity contribution in [1.82, 2.24) is 4.57 Å². The zero-order valence-corrected chi connectivity index (χ0v) is 35.2. The summed E-state index contributed by atoms with van der Waals surface area (Å²) in [7, 11) is 0. The van der Waals surface area contributed by atoms with Gasteiger partial charge < -0.3 is 9.47 Å². The Morgan fingerprint density at radius 2 is 0.952 bits per heavy atom.